The van der Waals surface area contributed by atoms with Crippen molar-refractivity contribution in [3.63, 3.8) is 0 Å². The fraction of sp³-hybridized carbons (Fsp3) is 0.208. The van der Waals surface area contributed by atoms with Gasteiger partial charge in [0.2, 0.25) is 11.7 Å². The van der Waals surface area contributed by atoms with Crippen LogP contribution in [0, 0.1) is 0 Å². The Bertz CT molecular complexity index is 1310. The molecule has 1 saturated heterocycles. The van der Waals surface area contributed by atoms with Crippen molar-refractivity contribution in [2.45, 2.75) is 18.6 Å². The molecule has 1 fully saturated rings. The number of fused-ring (bicyclic) bond motifs is 1. The van der Waals surface area contributed by atoms with Crippen LogP contribution in [0.25, 0.3) is 22.2 Å². The normalized spacial score (nSPS) is 14.3. The summed E-state index contributed by atoms with van der Waals surface area (Å²) >= 11 is 0. The predicted octanol–water partition coefficient (Wildman–Crippen LogP) is 5.22. The number of carbonyl (C=O) groups is 1. The minimum absolute atomic E-state index is 0.0926. The topological polar surface area (TPSA) is 71.3 Å². The molecule has 0 spiro atoms. The fourth-order valence-electron chi connectivity index (χ4n) is 3.88. The lowest BCUT2D eigenvalue weighted by molar-refractivity contribution is -0.137. The monoisotopic (exact) mass is 452 g/mol. The van der Waals surface area contributed by atoms with Gasteiger partial charge in [0.05, 0.1) is 11.5 Å². The zero-order valence-electron chi connectivity index (χ0n) is 17.3. The van der Waals surface area contributed by atoms with Gasteiger partial charge in [-0.05, 0) is 28.5 Å². The molecule has 3 aromatic carbocycles. The maximum absolute atomic E-state index is 12.9. The second-order valence-electron chi connectivity index (χ2n) is 7.93. The van der Waals surface area contributed by atoms with Gasteiger partial charge in [-0.15, -0.1) is 0 Å². The predicted molar refractivity (Wildman–Crippen MR) is 115 cm³/mol. The number of urea groups is 1. The summed E-state index contributed by atoms with van der Waals surface area (Å²) in [6.07, 6.45) is -4.45. The molecule has 6 nitrogen and oxygen atoms in total. The number of rotatable bonds is 4. The van der Waals surface area contributed by atoms with Gasteiger partial charge < -0.3 is 14.7 Å². The van der Waals surface area contributed by atoms with Crippen LogP contribution in [0.3, 0.4) is 0 Å². The molecule has 0 atom stereocenters. The smallest absolute Gasteiger partial charge is 0.339 e. The van der Waals surface area contributed by atoms with Crippen molar-refractivity contribution in [1.82, 2.24) is 20.4 Å². The van der Waals surface area contributed by atoms with Crippen LogP contribution < -0.4 is 5.32 Å². The van der Waals surface area contributed by atoms with E-state index in [4.69, 9.17) is 4.52 Å². The summed E-state index contributed by atoms with van der Waals surface area (Å²) in [6, 6.07) is 18.5. The molecule has 1 aromatic heterocycles. The third-order valence-corrected chi connectivity index (χ3v) is 5.72. The number of hydrogen-bond acceptors (Lipinski definition) is 4. The first-order valence-corrected chi connectivity index (χ1v) is 10.4. The molecule has 2 heterocycles. The molecule has 33 heavy (non-hydrogen) atoms. The van der Waals surface area contributed by atoms with Gasteiger partial charge in [0.25, 0.3) is 0 Å². The van der Waals surface area contributed by atoms with Crippen molar-refractivity contribution in [3.8, 4) is 11.4 Å². The molecule has 0 saturated carbocycles. The standard InChI is InChI=1S/C24H19F3N4O2/c25-24(26,27)19-9-4-7-16(11-19)21-29-22(33-30-21)18-13-31(14-18)23(32)28-12-17-8-3-6-15-5-1-2-10-20(15)17/h1-11,18H,12-14H2,(H,28,32). The highest BCUT2D eigenvalue weighted by Gasteiger charge is 2.36. The van der Waals surface area contributed by atoms with Gasteiger partial charge in [-0.1, -0.05) is 59.8 Å². The number of nitrogens with zero attached hydrogens (tertiary/aromatic N) is 3. The first-order chi connectivity index (χ1) is 15.9. The van der Waals surface area contributed by atoms with Crippen molar-refractivity contribution in [3.05, 3.63) is 83.7 Å². The Balaban J connectivity index is 1.19. The highest BCUT2D eigenvalue weighted by Crippen LogP contribution is 2.32. The van der Waals surface area contributed by atoms with Crippen LogP contribution in [0.4, 0.5) is 18.0 Å². The zero-order chi connectivity index (χ0) is 23.0. The Morgan fingerprint density at radius 2 is 1.82 bits per heavy atom. The Morgan fingerprint density at radius 3 is 2.64 bits per heavy atom. The Hall–Kier alpha value is -3.88. The second kappa shape index (κ2) is 8.23. The highest BCUT2D eigenvalue weighted by molar-refractivity contribution is 5.86. The van der Waals surface area contributed by atoms with Crippen LogP contribution >= 0.6 is 0 Å². The lowest BCUT2D eigenvalue weighted by Crippen LogP contribution is -2.52. The van der Waals surface area contributed by atoms with Crippen LogP contribution in [0.2, 0.25) is 0 Å². The van der Waals surface area contributed by atoms with Crippen molar-refractivity contribution in [1.29, 1.82) is 0 Å². The number of hydrogen-bond donors (Lipinski definition) is 1. The molecule has 9 heteroatoms. The molecule has 168 valence electrons. The molecule has 2 amide bonds. The average molecular weight is 452 g/mol. The number of amides is 2. The molecule has 0 aliphatic carbocycles. The van der Waals surface area contributed by atoms with E-state index in [-0.39, 0.29) is 23.3 Å². The van der Waals surface area contributed by atoms with Crippen LogP contribution in [-0.2, 0) is 12.7 Å². The molecule has 1 aliphatic heterocycles. The molecule has 0 bridgehead atoms. The van der Waals surface area contributed by atoms with E-state index >= 15 is 0 Å². The molecular formula is C24H19F3N4O2. The van der Waals surface area contributed by atoms with Crippen molar-refractivity contribution >= 4 is 16.8 Å². The fourth-order valence-corrected chi connectivity index (χ4v) is 3.88. The first-order valence-electron chi connectivity index (χ1n) is 10.4. The number of carbonyl (C=O) groups excluding carboxylic acids is 1. The van der Waals surface area contributed by atoms with Gasteiger partial charge in [0.1, 0.15) is 0 Å². The molecule has 0 unspecified atom stereocenters. The van der Waals surface area contributed by atoms with Crippen molar-refractivity contribution in [2.24, 2.45) is 0 Å². The first kappa shape index (κ1) is 21.0. The minimum Gasteiger partial charge on any atom is -0.339 e. The zero-order valence-corrected chi connectivity index (χ0v) is 17.3. The van der Waals surface area contributed by atoms with E-state index in [9.17, 15) is 18.0 Å². The third-order valence-electron chi connectivity index (χ3n) is 5.72. The number of likely N-dealkylation sites (tertiary alicyclic amines) is 1. The van der Waals surface area contributed by atoms with Gasteiger partial charge in [0, 0.05) is 25.2 Å². The number of aromatic nitrogens is 2. The van der Waals surface area contributed by atoms with E-state index in [0.717, 1.165) is 28.5 Å². The van der Waals surface area contributed by atoms with E-state index < -0.39 is 11.7 Å². The maximum atomic E-state index is 12.9. The van der Waals surface area contributed by atoms with Crippen molar-refractivity contribution in [2.75, 3.05) is 13.1 Å². The van der Waals surface area contributed by atoms with E-state index in [1.807, 2.05) is 42.5 Å². The maximum Gasteiger partial charge on any atom is 0.416 e. The summed E-state index contributed by atoms with van der Waals surface area (Å²) in [5, 5.41) is 8.95. The summed E-state index contributed by atoms with van der Waals surface area (Å²) in [5.74, 6) is 0.246. The van der Waals surface area contributed by atoms with Gasteiger partial charge in [-0.3, -0.25) is 0 Å². The van der Waals surface area contributed by atoms with E-state index in [0.29, 0.717) is 25.5 Å². The van der Waals surface area contributed by atoms with Gasteiger partial charge >= 0.3 is 12.2 Å². The summed E-state index contributed by atoms with van der Waals surface area (Å²) in [5.41, 5.74) is 0.481. The van der Waals surface area contributed by atoms with Crippen LogP contribution in [0.5, 0.6) is 0 Å². The number of alkyl halides is 3. The van der Waals surface area contributed by atoms with Crippen molar-refractivity contribution < 1.29 is 22.5 Å². The van der Waals surface area contributed by atoms with E-state index in [1.54, 1.807) is 4.90 Å². The van der Waals surface area contributed by atoms with Gasteiger partial charge in [-0.25, -0.2) is 4.79 Å². The summed E-state index contributed by atoms with van der Waals surface area (Å²) in [6.45, 7) is 1.19. The quantitative estimate of drug-likeness (QED) is 0.461. The Morgan fingerprint density at radius 1 is 1.06 bits per heavy atom. The van der Waals surface area contributed by atoms with E-state index in [2.05, 4.69) is 15.5 Å². The lowest BCUT2D eigenvalue weighted by atomic mass is 10.0. The molecule has 5 rings (SSSR count). The molecule has 4 aromatic rings. The summed E-state index contributed by atoms with van der Waals surface area (Å²) in [7, 11) is 0. The largest absolute Gasteiger partial charge is 0.416 e. The molecule has 1 aliphatic rings. The van der Waals surface area contributed by atoms with Crippen LogP contribution in [0.15, 0.2) is 71.3 Å². The Kier molecular flexibility index (Phi) is 5.24. The van der Waals surface area contributed by atoms with Crippen LogP contribution in [-0.4, -0.2) is 34.2 Å². The third kappa shape index (κ3) is 4.26. The molecule has 1 N–H and O–H groups in total. The highest BCUT2D eigenvalue weighted by atomic mass is 19.4. The number of benzene rings is 3. The van der Waals surface area contributed by atoms with Gasteiger partial charge in [0.15, 0.2) is 0 Å². The minimum atomic E-state index is -4.45. The van der Waals surface area contributed by atoms with E-state index in [1.165, 1.54) is 12.1 Å². The SMILES string of the molecule is O=C(NCc1cccc2ccccc12)N1CC(c2nc(-c3cccc(C(F)(F)F)c3)no2)C1. The number of halogens is 3. The summed E-state index contributed by atoms with van der Waals surface area (Å²) in [4.78, 5) is 18.4. The molecular weight excluding hydrogens is 433 g/mol. The Labute approximate surface area is 187 Å². The van der Waals surface area contributed by atoms with Crippen LogP contribution in [0.1, 0.15) is 22.9 Å². The second-order valence-corrected chi connectivity index (χ2v) is 7.93. The summed E-state index contributed by atoms with van der Waals surface area (Å²) < 4.78 is 44.1. The lowest BCUT2D eigenvalue weighted by Gasteiger charge is -2.36. The van der Waals surface area contributed by atoms with Gasteiger partial charge in [-0.2, -0.15) is 18.2 Å². The number of nitrogens with one attached hydrogen (secondary N) is 1. The average Bonchev–Trinajstić information content (AvgIpc) is 3.26. The molecule has 0 radical (unpaired) electrons.